The Morgan fingerprint density at radius 2 is 1.95 bits per heavy atom. The van der Waals surface area contributed by atoms with Crippen molar-refractivity contribution in [3.05, 3.63) is 41.5 Å². The number of nitrogens with zero attached hydrogens (tertiary/aromatic N) is 1. The molecule has 20 heavy (non-hydrogen) atoms. The van der Waals surface area contributed by atoms with Crippen LogP contribution in [-0.4, -0.2) is 29.0 Å². The average Bonchev–Trinajstić information content (AvgIpc) is 3.06. The van der Waals surface area contributed by atoms with Crippen LogP contribution in [0.3, 0.4) is 0 Å². The fourth-order valence-corrected chi connectivity index (χ4v) is 3.49. The molecule has 0 aromatic heterocycles. The number of piperidine rings is 1. The molecule has 2 unspecified atom stereocenters. The van der Waals surface area contributed by atoms with E-state index in [9.17, 15) is 9.90 Å². The number of aromatic hydroxyl groups is 1. The van der Waals surface area contributed by atoms with Crippen molar-refractivity contribution in [1.29, 1.82) is 0 Å². The fourth-order valence-electron chi connectivity index (χ4n) is 3.49. The number of benzene rings is 2. The van der Waals surface area contributed by atoms with Gasteiger partial charge in [0.15, 0.2) is 0 Å². The van der Waals surface area contributed by atoms with Crippen molar-refractivity contribution in [2.75, 3.05) is 13.1 Å². The molecule has 1 saturated carbocycles. The van der Waals surface area contributed by atoms with E-state index in [1.54, 1.807) is 12.1 Å². The van der Waals surface area contributed by atoms with Crippen LogP contribution in [0.2, 0.25) is 0 Å². The monoisotopic (exact) mass is 267 g/mol. The third-order valence-electron chi connectivity index (χ3n) is 4.72. The number of hydrogen-bond acceptors (Lipinski definition) is 2. The SMILES string of the molecule is Cc1cccc2c(O)ccc(C(=O)N3CC4CC4C3)c12. The summed E-state index contributed by atoms with van der Waals surface area (Å²) < 4.78 is 0. The number of fused-ring (bicyclic) bond motifs is 2. The molecule has 2 atom stereocenters. The van der Waals surface area contributed by atoms with Gasteiger partial charge in [-0.05, 0) is 42.9 Å². The molecule has 4 rings (SSSR count). The fraction of sp³-hybridized carbons (Fsp3) is 0.353. The summed E-state index contributed by atoms with van der Waals surface area (Å²) in [7, 11) is 0. The summed E-state index contributed by atoms with van der Waals surface area (Å²) in [5.74, 6) is 1.83. The van der Waals surface area contributed by atoms with E-state index < -0.39 is 0 Å². The normalized spacial score (nSPS) is 23.9. The van der Waals surface area contributed by atoms with Gasteiger partial charge in [-0.1, -0.05) is 18.2 Å². The number of rotatable bonds is 1. The Morgan fingerprint density at radius 3 is 2.70 bits per heavy atom. The van der Waals surface area contributed by atoms with Gasteiger partial charge >= 0.3 is 0 Å². The highest BCUT2D eigenvalue weighted by molar-refractivity contribution is 6.09. The lowest BCUT2D eigenvalue weighted by atomic mass is 9.98. The van der Waals surface area contributed by atoms with Gasteiger partial charge in [-0.2, -0.15) is 0 Å². The topological polar surface area (TPSA) is 40.5 Å². The zero-order valence-corrected chi connectivity index (χ0v) is 11.5. The third-order valence-corrected chi connectivity index (χ3v) is 4.72. The minimum Gasteiger partial charge on any atom is -0.507 e. The number of carbonyl (C=O) groups is 1. The van der Waals surface area contributed by atoms with Crippen molar-refractivity contribution >= 4 is 16.7 Å². The van der Waals surface area contributed by atoms with Crippen LogP contribution in [0, 0.1) is 18.8 Å². The maximum Gasteiger partial charge on any atom is 0.254 e. The molecule has 2 fully saturated rings. The van der Waals surface area contributed by atoms with Crippen LogP contribution in [0.1, 0.15) is 22.3 Å². The molecule has 0 bridgehead atoms. The van der Waals surface area contributed by atoms with Crippen LogP contribution in [-0.2, 0) is 0 Å². The molecule has 2 aliphatic rings. The van der Waals surface area contributed by atoms with Crippen molar-refractivity contribution in [1.82, 2.24) is 4.90 Å². The number of likely N-dealkylation sites (tertiary alicyclic amines) is 1. The molecule has 1 N–H and O–H groups in total. The van der Waals surface area contributed by atoms with Crippen LogP contribution in [0.15, 0.2) is 30.3 Å². The van der Waals surface area contributed by atoms with E-state index >= 15 is 0 Å². The molecule has 1 aliphatic heterocycles. The molecule has 1 aliphatic carbocycles. The molecule has 1 heterocycles. The highest BCUT2D eigenvalue weighted by Gasteiger charge is 2.46. The minimum atomic E-state index is 0.108. The Hall–Kier alpha value is -2.03. The van der Waals surface area contributed by atoms with Crippen molar-refractivity contribution < 1.29 is 9.90 Å². The van der Waals surface area contributed by atoms with E-state index in [1.165, 1.54) is 6.42 Å². The first-order chi connectivity index (χ1) is 9.65. The predicted octanol–water partition coefficient (Wildman–Crippen LogP) is 2.95. The minimum absolute atomic E-state index is 0.108. The van der Waals surface area contributed by atoms with Gasteiger partial charge < -0.3 is 10.0 Å². The van der Waals surface area contributed by atoms with Crippen LogP contribution in [0.5, 0.6) is 5.75 Å². The lowest BCUT2D eigenvalue weighted by Crippen LogP contribution is -2.30. The van der Waals surface area contributed by atoms with E-state index in [-0.39, 0.29) is 11.7 Å². The van der Waals surface area contributed by atoms with Gasteiger partial charge in [-0.3, -0.25) is 4.79 Å². The Morgan fingerprint density at radius 1 is 1.20 bits per heavy atom. The number of aryl methyl sites for hydroxylation is 1. The summed E-state index contributed by atoms with van der Waals surface area (Å²) in [5, 5.41) is 11.6. The summed E-state index contributed by atoms with van der Waals surface area (Å²) in [6.07, 6.45) is 1.29. The Labute approximate surface area is 117 Å². The van der Waals surface area contributed by atoms with Crippen molar-refractivity contribution in [2.24, 2.45) is 11.8 Å². The molecule has 2 aromatic carbocycles. The van der Waals surface area contributed by atoms with E-state index in [1.807, 2.05) is 30.0 Å². The average molecular weight is 267 g/mol. The number of carbonyl (C=O) groups excluding carboxylic acids is 1. The van der Waals surface area contributed by atoms with E-state index in [0.717, 1.165) is 46.8 Å². The van der Waals surface area contributed by atoms with Crippen LogP contribution in [0.4, 0.5) is 0 Å². The number of phenolic OH excluding ortho intramolecular Hbond substituents is 1. The van der Waals surface area contributed by atoms with Gasteiger partial charge in [0, 0.05) is 29.4 Å². The number of phenols is 1. The predicted molar refractivity (Wildman–Crippen MR) is 77.9 cm³/mol. The standard InChI is InChI=1S/C17H17NO2/c1-10-3-2-4-13-15(19)6-5-14(16(10)13)17(20)18-8-11-7-12(11)9-18/h2-6,11-12,19H,7-9H2,1H3. The van der Waals surface area contributed by atoms with E-state index in [0.29, 0.717) is 0 Å². The first kappa shape index (κ1) is 11.8. The molecule has 102 valence electrons. The van der Waals surface area contributed by atoms with Crippen LogP contribution in [0.25, 0.3) is 10.8 Å². The first-order valence-corrected chi connectivity index (χ1v) is 7.15. The van der Waals surface area contributed by atoms with E-state index in [2.05, 4.69) is 0 Å². The van der Waals surface area contributed by atoms with Crippen LogP contribution >= 0.6 is 0 Å². The molecule has 3 nitrogen and oxygen atoms in total. The van der Waals surface area contributed by atoms with Gasteiger partial charge in [0.25, 0.3) is 5.91 Å². The zero-order valence-electron chi connectivity index (χ0n) is 11.5. The molecule has 2 aromatic rings. The summed E-state index contributed by atoms with van der Waals surface area (Å²) in [6, 6.07) is 9.16. The van der Waals surface area contributed by atoms with Crippen LogP contribution < -0.4 is 0 Å². The summed E-state index contributed by atoms with van der Waals surface area (Å²) >= 11 is 0. The largest absolute Gasteiger partial charge is 0.507 e. The Kier molecular flexibility index (Phi) is 2.34. The second-order valence-electron chi connectivity index (χ2n) is 6.10. The van der Waals surface area contributed by atoms with Crippen molar-refractivity contribution in [2.45, 2.75) is 13.3 Å². The summed E-state index contributed by atoms with van der Waals surface area (Å²) in [6.45, 7) is 3.79. The van der Waals surface area contributed by atoms with Gasteiger partial charge in [-0.15, -0.1) is 0 Å². The third kappa shape index (κ3) is 1.62. The lowest BCUT2D eigenvalue weighted by molar-refractivity contribution is 0.0777. The number of amides is 1. The molecule has 1 saturated heterocycles. The summed E-state index contributed by atoms with van der Waals surface area (Å²) in [5.41, 5.74) is 1.75. The molecule has 0 radical (unpaired) electrons. The molecular weight excluding hydrogens is 250 g/mol. The highest BCUT2D eigenvalue weighted by atomic mass is 16.3. The van der Waals surface area contributed by atoms with Gasteiger partial charge in [0.2, 0.25) is 0 Å². The smallest absolute Gasteiger partial charge is 0.254 e. The van der Waals surface area contributed by atoms with E-state index in [4.69, 9.17) is 0 Å². The zero-order chi connectivity index (χ0) is 13.9. The molecule has 3 heteroatoms. The maximum absolute atomic E-state index is 12.7. The van der Waals surface area contributed by atoms with Crippen molar-refractivity contribution in [3.8, 4) is 5.75 Å². The maximum atomic E-state index is 12.7. The lowest BCUT2D eigenvalue weighted by Gasteiger charge is -2.20. The number of hydrogen-bond donors (Lipinski definition) is 1. The quantitative estimate of drug-likeness (QED) is 0.863. The molecular formula is C17H17NO2. The highest BCUT2D eigenvalue weighted by Crippen LogP contribution is 2.45. The van der Waals surface area contributed by atoms with Crippen molar-refractivity contribution in [3.63, 3.8) is 0 Å². The van der Waals surface area contributed by atoms with Gasteiger partial charge in [0.1, 0.15) is 5.75 Å². The van der Waals surface area contributed by atoms with Gasteiger partial charge in [-0.25, -0.2) is 0 Å². The molecule has 0 spiro atoms. The Balaban J connectivity index is 1.83. The van der Waals surface area contributed by atoms with Gasteiger partial charge in [0.05, 0.1) is 0 Å². The Bertz CT molecular complexity index is 712. The second-order valence-corrected chi connectivity index (χ2v) is 6.10. The second kappa shape index (κ2) is 3.98. The summed E-state index contributed by atoms with van der Waals surface area (Å²) in [4.78, 5) is 14.7. The first-order valence-electron chi connectivity index (χ1n) is 7.15. The molecule has 1 amide bonds.